The molecule has 1 unspecified atom stereocenters. The topological polar surface area (TPSA) is 47.9 Å². The monoisotopic (exact) mass is 402 g/mol. The molecule has 0 spiro atoms. The highest BCUT2D eigenvalue weighted by molar-refractivity contribution is 9.10. The minimum atomic E-state index is -0.967. The normalized spacial score (nSPS) is 12.0. The highest BCUT2D eigenvalue weighted by Crippen LogP contribution is 2.43. The van der Waals surface area contributed by atoms with Crippen LogP contribution in [0.3, 0.4) is 0 Å². The molecule has 3 rings (SSSR count). The lowest BCUT2D eigenvalue weighted by Gasteiger charge is -2.21. The zero-order chi connectivity index (χ0) is 18.0. The molecule has 0 aliphatic heterocycles. The van der Waals surface area contributed by atoms with E-state index in [9.17, 15) is 5.11 Å². The first kappa shape index (κ1) is 17.6. The van der Waals surface area contributed by atoms with Crippen molar-refractivity contribution in [2.24, 2.45) is 0 Å². The Morgan fingerprint density at radius 3 is 2.00 bits per heavy atom. The third-order valence-corrected chi connectivity index (χ3v) is 4.71. The molecule has 4 nitrogen and oxygen atoms in total. The van der Waals surface area contributed by atoms with E-state index < -0.39 is 6.10 Å². The van der Waals surface area contributed by atoms with Crippen LogP contribution in [0.15, 0.2) is 53.0 Å². The van der Waals surface area contributed by atoms with E-state index in [4.69, 9.17) is 14.2 Å². The Labute approximate surface area is 155 Å². The number of benzene rings is 3. The average Bonchev–Trinajstić information content (AvgIpc) is 2.65. The summed E-state index contributed by atoms with van der Waals surface area (Å²) in [5, 5.41) is 13.1. The predicted molar refractivity (Wildman–Crippen MR) is 102 cm³/mol. The van der Waals surface area contributed by atoms with Gasteiger partial charge in [-0.1, -0.05) is 34.1 Å². The molecule has 0 aliphatic rings. The van der Waals surface area contributed by atoms with E-state index in [0.29, 0.717) is 28.4 Å². The summed E-state index contributed by atoms with van der Waals surface area (Å²) in [5.41, 5.74) is 1.25. The van der Waals surface area contributed by atoms with Crippen LogP contribution in [0.1, 0.15) is 17.2 Å². The molecule has 0 fully saturated rings. The molecular formula is C20H19BrO4. The van der Waals surface area contributed by atoms with Gasteiger partial charge >= 0.3 is 0 Å². The molecule has 0 saturated heterocycles. The highest BCUT2D eigenvalue weighted by atomic mass is 79.9. The minimum Gasteiger partial charge on any atom is -0.496 e. The van der Waals surface area contributed by atoms with Crippen LogP contribution < -0.4 is 14.2 Å². The van der Waals surface area contributed by atoms with Crippen LogP contribution in [-0.2, 0) is 0 Å². The molecule has 130 valence electrons. The van der Waals surface area contributed by atoms with Gasteiger partial charge in [-0.2, -0.15) is 0 Å². The van der Waals surface area contributed by atoms with E-state index in [1.54, 1.807) is 33.5 Å². The van der Waals surface area contributed by atoms with Crippen molar-refractivity contribution in [3.8, 4) is 17.2 Å². The third-order valence-electron chi connectivity index (χ3n) is 4.22. The number of fused-ring (bicyclic) bond motifs is 1. The van der Waals surface area contributed by atoms with E-state index in [0.717, 1.165) is 15.2 Å². The van der Waals surface area contributed by atoms with Crippen molar-refractivity contribution < 1.29 is 19.3 Å². The summed E-state index contributed by atoms with van der Waals surface area (Å²) < 4.78 is 17.4. The maximum atomic E-state index is 11.2. The van der Waals surface area contributed by atoms with Crippen LogP contribution in [0.5, 0.6) is 17.2 Å². The van der Waals surface area contributed by atoms with Gasteiger partial charge in [0.15, 0.2) is 0 Å². The van der Waals surface area contributed by atoms with E-state index in [1.807, 2.05) is 36.4 Å². The largest absolute Gasteiger partial charge is 0.496 e. The summed E-state index contributed by atoms with van der Waals surface area (Å²) >= 11 is 3.49. The van der Waals surface area contributed by atoms with Crippen LogP contribution >= 0.6 is 15.9 Å². The molecule has 25 heavy (non-hydrogen) atoms. The molecule has 3 aromatic carbocycles. The Hall–Kier alpha value is -2.24. The van der Waals surface area contributed by atoms with Gasteiger partial charge in [0.05, 0.1) is 26.9 Å². The Balaban J connectivity index is 2.29. The van der Waals surface area contributed by atoms with Crippen LogP contribution in [0.4, 0.5) is 0 Å². The first-order valence-electron chi connectivity index (χ1n) is 7.75. The molecule has 1 N–H and O–H groups in total. The molecule has 0 radical (unpaired) electrons. The maximum absolute atomic E-state index is 11.2. The fraction of sp³-hybridized carbons (Fsp3) is 0.200. The smallest absolute Gasteiger partial charge is 0.128 e. The van der Waals surface area contributed by atoms with Crippen molar-refractivity contribution in [3.05, 3.63) is 64.1 Å². The van der Waals surface area contributed by atoms with Crippen molar-refractivity contribution in [1.29, 1.82) is 0 Å². The summed E-state index contributed by atoms with van der Waals surface area (Å²) in [6.45, 7) is 0. The van der Waals surface area contributed by atoms with Gasteiger partial charge in [-0.3, -0.25) is 0 Å². The number of halogens is 1. The van der Waals surface area contributed by atoms with Crippen molar-refractivity contribution in [2.75, 3.05) is 21.3 Å². The quantitative estimate of drug-likeness (QED) is 0.671. The number of aliphatic hydroxyl groups excluding tert-OH is 1. The van der Waals surface area contributed by atoms with Gasteiger partial charge in [-0.15, -0.1) is 0 Å². The molecule has 0 heterocycles. The summed E-state index contributed by atoms with van der Waals surface area (Å²) in [4.78, 5) is 0. The van der Waals surface area contributed by atoms with Gasteiger partial charge in [-0.25, -0.2) is 0 Å². The zero-order valence-electron chi connectivity index (χ0n) is 14.2. The molecule has 5 heteroatoms. The fourth-order valence-corrected chi connectivity index (χ4v) is 3.44. The highest BCUT2D eigenvalue weighted by Gasteiger charge is 2.25. The van der Waals surface area contributed by atoms with Crippen LogP contribution in [0.25, 0.3) is 10.8 Å². The fourth-order valence-electron chi connectivity index (χ4n) is 3.06. The molecule has 0 bridgehead atoms. The average molecular weight is 403 g/mol. The molecule has 0 aliphatic carbocycles. The number of hydrogen-bond donors (Lipinski definition) is 1. The molecular weight excluding hydrogens is 384 g/mol. The molecule has 3 aromatic rings. The van der Waals surface area contributed by atoms with Crippen LogP contribution in [0.2, 0.25) is 0 Å². The first-order valence-corrected chi connectivity index (χ1v) is 8.55. The lowest BCUT2D eigenvalue weighted by Crippen LogP contribution is -2.07. The molecule has 0 aromatic heterocycles. The van der Waals surface area contributed by atoms with Gasteiger partial charge < -0.3 is 19.3 Å². The summed E-state index contributed by atoms with van der Waals surface area (Å²) in [6, 6.07) is 15.2. The number of rotatable bonds is 5. The van der Waals surface area contributed by atoms with E-state index >= 15 is 0 Å². The van der Waals surface area contributed by atoms with Crippen molar-refractivity contribution in [3.63, 3.8) is 0 Å². The minimum absolute atomic E-state index is 0.558. The van der Waals surface area contributed by atoms with Gasteiger partial charge in [0.1, 0.15) is 23.4 Å². The Morgan fingerprint density at radius 2 is 1.40 bits per heavy atom. The standard InChI is InChI=1S/C20H19BrO4/c1-23-15-5-4-6-16(24-2)19(15)20(22)18-14-9-8-13(21)11-12(14)7-10-17(18)25-3/h4-11,20,22H,1-3H3. The second-order valence-electron chi connectivity index (χ2n) is 5.53. The Kier molecular flexibility index (Phi) is 5.16. The summed E-state index contributed by atoms with van der Waals surface area (Å²) in [7, 11) is 4.74. The number of hydrogen-bond acceptors (Lipinski definition) is 4. The first-order chi connectivity index (χ1) is 12.1. The van der Waals surface area contributed by atoms with Crippen molar-refractivity contribution >= 4 is 26.7 Å². The van der Waals surface area contributed by atoms with Crippen LogP contribution in [-0.4, -0.2) is 26.4 Å². The third kappa shape index (κ3) is 3.17. The van der Waals surface area contributed by atoms with Crippen molar-refractivity contribution in [1.82, 2.24) is 0 Å². The zero-order valence-corrected chi connectivity index (χ0v) is 15.8. The second kappa shape index (κ2) is 7.33. The molecule has 0 amide bonds. The predicted octanol–water partition coefficient (Wildman–Crippen LogP) is 4.71. The number of aliphatic hydroxyl groups is 1. The maximum Gasteiger partial charge on any atom is 0.128 e. The SMILES string of the molecule is COc1cccc(OC)c1C(O)c1c(OC)ccc2cc(Br)ccc12. The Bertz CT molecular complexity index is 885. The lowest BCUT2D eigenvalue weighted by atomic mass is 9.93. The molecule has 1 atom stereocenters. The van der Waals surface area contributed by atoms with Crippen LogP contribution in [0, 0.1) is 0 Å². The van der Waals surface area contributed by atoms with Gasteiger partial charge in [0.25, 0.3) is 0 Å². The number of methoxy groups -OCH3 is 3. The van der Waals surface area contributed by atoms with Gasteiger partial charge in [0, 0.05) is 10.0 Å². The van der Waals surface area contributed by atoms with E-state index in [-0.39, 0.29) is 0 Å². The second-order valence-corrected chi connectivity index (χ2v) is 6.44. The van der Waals surface area contributed by atoms with Gasteiger partial charge in [-0.05, 0) is 41.1 Å². The lowest BCUT2D eigenvalue weighted by molar-refractivity contribution is 0.205. The van der Waals surface area contributed by atoms with E-state index in [1.165, 1.54) is 0 Å². The number of ether oxygens (including phenoxy) is 3. The molecule has 0 saturated carbocycles. The summed E-state index contributed by atoms with van der Waals surface area (Å²) in [5.74, 6) is 1.72. The van der Waals surface area contributed by atoms with Gasteiger partial charge in [0.2, 0.25) is 0 Å². The summed E-state index contributed by atoms with van der Waals surface area (Å²) in [6.07, 6.45) is -0.967. The Morgan fingerprint density at radius 1 is 0.800 bits per heavy atom. The van der Waals surface area contributed by atoms with Crippen molar-refractivity contribution in [2.45, 2.75) is 6.10 Å². The van der Waals surface area contributed by atoms with E-state index in [2.05, 4.69) is 15.9 Å².